The van der Waals surface area contributed by atoms with Gasteiger partial charge >= 0.3 is 12.3 Å². The third kappa shape index (κ3) is 6.06. The molecule has 1 amide bonds. The molecule has 0 aliphatic heterocycles. The van der Waals surface area contributed by atoms with Crippen molar-refractivity contribution in [3.8, 4) is 11.5 Å². The summed E-state index contributed by atoms with van der Waals surface area (Å²) in [6.07, 6.45) is -3.96. The Morgan fingerprint density at radius 3 is 2.34 bits per heavy atom. The maximum absolute atomic E-state index is 13.0. The van der Waals surface area contributed by atoms with Crippen LogP contribution in [0, 0.1) is 10.1 Å². The lowest BCUT2D eigenvalue weighted by Gasteiger charge is -2.16. The van der Waals surface area contributed by atoms with Gasteiger partial charge in [-0.25, -0.2) is 8.78 Å². The van der Waals surface area contributed by atoms with Gasteiger partial charge in [0.1, 0.15) is 11.5 Å². The average molecular weight is 416 g/mol. The molecule has 0 atom stereocenters. The minimum atomic E-state index is -4.43. The highest BCUT2D eigenvalue weighted by atomic mass is 19.3. The Bertz CT molecular complexity index is 875. The third-order valence-corrected chi connectivity index (χ3v) is 3.54. The van der Waals surface area contributed by atoms with E-state index in [1.54, 1.807) is 19.1 Å². The highest BCUT2D eigenvalue weighted by Crippen LogP contribution is 2.29. The van der Waals surface area contributed by atoms with Crippen LogP contribution >= 0.6 is 0 Å². The van der Waals surface area contributed by atoms with E-state index in [0.717, 1.165) is 18.2 Å². The van der Waals surface area contributed by atoms with E-state index in [4.69, 9.17) is 4.74 Å². The van der Waals surface area contributed by atoms with Crippen molar-refractivity contribution in [1.29, 1.82) is 0 Å². The number of hydrogen-bond donors (Lipinski definition) is 1. The van der Waals surface area contributed by atoms with Gasteiger partial charge in [0.15, 0.2) is 6.61 Å². The molecule has 0 aromatic heterocycles. The summed E-state index contributed by atoms with van der Waals surface area (Å²) in [6.45, 7) is 0.546. The summed E-state index contributed by atoms with van der Waals surface area (Å²) in [6, 6.07) is 8.79. The molecule has 2 rings (SSSR count). The topological polar surface area (TPSA) is 90.7 Å². The molecule has 29 heavy (non-hydrogen) atoms. The lowest BCUT2D eigenvalue weighted by atomic mass is 10.2. The molecule has 0 radical (unpaired) electrons. The van der Waals surface area contributed by atoms with Gasteiger partial charge in [0.2, 0.25) is 0 Å². The van der Waals surface area contributed by atoms with Crippen LogP contribution in [0.15, 0.2) is 42.5 Å². The monoisotopic (exact) mass is 416 g/mol. The van der Waals surface area contributed by atoms with E-state index in [0.29, 0.717) is 12.4 Å². The number of benzene rings is 2. The normalized spacial score (nSPS) is 11.2. The van der Waals surface area contributed by atoms with E-state index in [1.165, 1.54) is 12.1 Å². The summed E-state index contributed by atoms with van der Waals surface area (Å²) in [5.74, 6) is -5.01. The Morgan fingerprint density at radius 1 is 1.14 bits per heavy atom. The van der Waals surface area contributed by atoms with Gasteiger partial charge < -0.3 is 14.8 Å². The molecule has 2 aromatic rings. The second kappa shape index (κ2) is 9.22. The number of nitrogens with one attached hydrogen (secondary N) is 1. The molecule has 1 N–H and O–H groups in total. The number of non-ortho nitro benzene ring substituents is 1. The van der Waals surface area contributed by atoms with Gasteiger partial charge in [-0.2, -0.15) is 8.78 Å². The summed E-state index contributed by atoms with van der Waals surface area (Å²) in [5.41, 5.74) is -0.509. The predicted octanol–water partition coefficient (Wildman–Crippen LogP) is 4.53. The van der Waals surface area contributed by atoms with Gasteiger partial charge in [-0.15, -0.1) is 0 Å². The fraction of sp³-hybridized carbons (Fsp3) is 0.278. The van der Waals surface area contributed by atoms with Crippen LogP contribution in [-0.4, -0.2) is 36.4 Å². The Morgan fingerprint density at radius 2 is 1.79 bits per heavy atom. The first-order valence-corrected chi connectivity index (χ1v) is 8.25. The van der Waals surface area contributed by atoms with Crippen LogP contribution in [-0.2, 0) is 0 Å². The number of alkyl halides is 4. The van der Waals surface area contributed by atoms with Crippen LogP contribution in [0.25, 0.3) is 0 Å². The molecule has 156 valence electrons. The number of hydrogen-bond acceptors (Lipinski definition) is 5. The minimum Gasteiger partial charge on any atom is -0.494 e. The third-order valence-electron chi connectivity index (χ3n) is 3.54. The maximum Gasteiger partial charge on any atom is 0.340 e. The van der Waals surface area contributed by atoms with Crippen molar-refractivity contribution < 1.29 is 36.8 Å². The number of amides is 1. The molecule has 2 aromatic carbocycles. The largest absolute Gasteiger partial charge is 0.494 e. The molecule has 7 nitrogen and oxygen atoms in total. The van der Waals surface area contributed by atoms with Crippen molar-refractivity contribution in [1.82, 2.24) is 0 Å². The molecule has 0 aliphatic carbocycles. The van der Waals surface area contributed by atoms with Crippen molar-refractivity contribution >= 4 is 17.3 Å². The highest BCUT2D eigenvalue weighted by molar-refractivity contribution is 6.04. The lowest BCUT2D eigenvalue weighted by molar-refractivity contribution is -0.384. The molecule has 0 bridgehead atoms. The van der Waals surface area contributed by atoms with Gasteiger partial charge in [-0.3, -0.25) is 14.9 Å². The molecule has 0 saturated heterocycles. The van der Waals surface area contributed by atoms with E-state index in [1.807, 2.05) is 0 Å². The number of anilines is 1. The van der Waals surface area contributed by atoms with Crippen LogP contribution < -0.4 is 14.8 Å². The molecule has 0 aliphatic rings. The fourth-order valence-corrected chi connectivity index (χ4v) is 2.16. The smallest absolute Gasteiger partial charge is 0.340 e. The molecule has 0 fully saturated rings. The summed E-state index contributed by atoms with van der Waals surface area (Å²) >= 11 is 0. The molecular formula is C18H16F4N2O5. The fourth-order valence-electron chi connectivity index (χ4n) is 2.16. The quantitative estimate of drug-likeness (QED) is 0.369. The molecule has 11 heteroatoms. The summed E-state index contributed by atoms with van der Waals surface area (Å²) < 4.78 is 60.4. The van der Waals surface area contributed by atoms with E-state index in [9.17, 15) is 32.5 Å². The van der Waals surface area contributed by atoms with Crippen LogP contribution in [0.3, 0.4) is 0 Å². The Kier molecular flexibility index (Phi) is 6.97. The van der Waals surface area contributed by atoms with Gasteiger partial charge in [-0.1, -0.05) is 0 Å². The molecule has 0 saturated carbocycles. The first-order valence-electron chi connectivity index (χ1n) is 8.25. The first-order chi connectivity index (χ1) is 13.6. The first kappa shape index (κ1) is 21.9. The Hall–Kier alpha value is -3.37. The number of nitro groups is 1. The van der Waals surface area contributed by atoms with E-state index in [2.05, 4.69) is 10.1 Å². The van der Waals surface area contributed by atoms with Crippen molar-refractivity contribution in [3.63, 3.8) is 0 Å². The Labute approximate surface area is 162 Å². The second-order valence-corrected chi connectivity index (χ2v) is 5.73. The zero-order valence-electron chi connectivity index (χ0n) is 15.0. The van der Waals surface area contributed by atoms with Gasteiger partial charge in [0, 0.05) is 17.7 Å². The lowest BCUT2D eigenvalue weighted by Crippen LogP contribution is -2.33. The van der Waals surface area contributed by atoms with Gasteiger partial charge in [0.25, 0.3) is 11.6 Å². The SMILES string of the molecule is CCOc1ccc(C(=O)Nc2cc(OCC(F)(F)C(F)F)cc([N+](=O)[O-])c2)cc1. The maximum atomic E-state index is 13.0. The standard InChI is InChI=1S/C18H16F4N2O5/c1-2-28-14-5-3-11(4-6-14)16(25)23-12-7-13(24(26)27)9-15(8-12)29-10-18(21,22)17(19)20/h3-9,17H,2,10H2,1H3,(H,23,25). The van der Waals surface area contributed by atoms with Gasteiger partial charge in [0.05, 0.1) is 23.3 Å². The van der Waals surface area contributed by atoms with Gasteiger partial charge in [-0.05, 0) is 31.2 Å². The zero-order valence-corrected chi connectivity index (χ0v) is 15.0. The predicted molar refractivity (Wildman–Crippen MR) is 95.1 cm³/mol. The summed E-state index contributed by atoms with van der Waals surface area (Å²) in [5, 5.41) is 13.4. The van der Waals surface area contributed by atoms with E-state index in [-0.39, 0.29) is 11.3 Å². The molecule has 0 unspecified atom stereocenters. The molecular weight excluding hydrogens is 400 g/mol. The van der Waals surface area contributed by atoms with Crippen LogP contribution in [0.4, 0.5) is 28.9 Å². The Balaban J connectivity index is 2.19. The average Bonchev–Trinajstić information content (AvgIpc) is 2.67. The van der Waals surface area contributed by atoms with Crippen LogP contribution in [0.5, 0.6) is 11.5 Å². The highest BCUT2D eigenvalue weighted by Gasteiger charge is 2.41. The van der Waals surface area contributed by atoms with E-state index < -0.39 is 41.2 Å². The van der Waals surface area contributed by atoms with Crippen molar-refractivity contribution in [2.45, 2.75) is 19.3 Å². The number of ether oxygens (including phenoxy) is 2. The molecule has 0 heterocycles. The van der Waals surface area contributed by atoms with Crippen LogP contribution in [0.2, 0.25) is 0 Å². The number of nitrogens with zero attached hydrogens (tertiary/aromatic N) is 1. The second-order valence-electron chi connectivity index (χ2n) is 5.73. The number of rotatable bonds is 9. The molecule has 0 spiro atoms. The number of halogens is 4. The number of carbonyl (C=O) groups excluding carboxylic acids is 1. The summed E-state index contributed by atoms with van der Waals surface area (Å²) in [4.78, 5) is 22.5. The van der Waals surface area contributed by atoms with Crippen molar-refractivity contribution in [2.75, 3.05) is 18.5 Å². The summed E-state index contributed by atoms with van der Waals surface area (Å²) in [7, 11) is 0. The zero-order chi connectivity index (χ0) is 21.6. The van der Waals surface area contributed by atoms with Crippen molar-refractivity contribution in [2.24, 2.45) is 0 Å². The van der Waals surface area contributed by atoms with Crippen molar-refractivity contribution in [3.05, 3.63) is 58.1 Å². The van der Waals surface area contributed by atoms with E-state index >= 15 is 0 Å². The minimum absolute atomic E-state index is 0.131. The number of nitro benzene ring substituents is 1. The van der Waals surface area contributed by atoms with Crippen LogP contribution in [0.1, 0.15) is 17.3 Å². The number of carbonyl (C=O) groups is 1.